The minimum Gasteiger partial charge on any atom is -0.744 e. The molecule has 0 unspecified atom stereocenters. The number of aromatic hydroxyl groups is 1. The third-order valence-electron chi connectivity index (χ3n) is 4.30. The molecule has 1 aliphatic heterocycles. The Bertz CT molecular complexity index is 938. The van der Waals surface area contributed by atoms with Gasteiger partial charge in [0, 0.05) is 12.5 Å². The van der Waals surface area contributed by atoms with Crippen LogP contribution in [0.15, 0.2) is 29.2 Å². The van der Waals surface area contributed by atoms with Crippen LogP contribution in [-0.4, -0.2) is 29.0 Å². The molecule has 0 atom stereocenters. The van der Waals surface area contributed by atoms with Gasteiger partial charge < -0.3 is 24.2 Å². The lowest BCUT2D eigenvalue weighted by atomic mass is 10.1. The third kappa shape index (κ3) is 5.49. The fraction of sp³-hybridized carbons (Fsp3) is 0.421. The number of aromatic nitrogens is 1. The van der Waals surface area contributed by atoms with Gasteiger partial charge in [0.2, 0.25) is 11.4 Å². The summed E-state index contributed by atoms with van der Waals surface area (Å²) in [6.07, 6.45) is 0. The van der Waals surface area contributed by atoms with Crippen LogP contribution in [-0.2, 0) is 39.4 Å². The van der Waals surface area contributed by atoms with E-state index in [-0.39, 0.29) is 23.9 Å². The van der Waals surface area contributed by atoms with Gasteiger partial charge in [-0.2, -0.15) is 0 Å². The first-order valence-corrected chi connectivity index (χ1v) is 10.0. The number of aromatic amines is 1. The van der Waals surface area contributed by atoms with Crippen molar-refractivity contribution in [1.29, 1.82) is 0 Å². The summed E-state index contributed by atoms with van der Waals surface area (Å²) in [6, 6.07) is 5.78. The van der Waals surface area contributed by atoms with E-state index in [0.29, 0.717) is 23.6 Å². The quantitative estimate of drug-likeness (QED) is 0.719. The van der Waals surface area contributed by atoms with Crippen LogP contribution < -0.4 is 4.98 Å². The Balaban J connectivity index is 0.000000221. The zero-order valence-electron chi connectivity index (χ0n) is 16.3. The first-order valence-electron chi connectivity index (χ1n) is 8.61. The molecule has 0 saturated heterocycles. The SMILES string of the molecule is Cc1[nH+]c(CO)c2c(c1O)COC(C)(C)OC2.Cc1ccc(S(=O)(=O)[O-])cc1. The third-order valence-corrected chi connectivity index (χ3v) is 5.15. The second-order valence-electron chi connectivity index (χ2n) is 6.94. The molecule has 1 aromatic carbocycles. The van der Waals surface area contributed by atoms with Gasteiger partial charge in [0.1, 0.15) is 16.7 Å². The van der Waals surface area contributed by atoms with E-state index in [2.05, 4.69) is 4.98 Å². The van der Waals surface area contributed by atoms with E-state index in [4.69, 9.17) is 9.47 Å². The molecule has 0 fully saturated rings. The number of nitrogens with one attached hydrogen (secondary N) is 1. The van der Waals surface area contributed by atoms with Crippen LogP contribution in [0.2, 0.25) is 0 Å². The predicted molar refractivity (Wildman–Crippen MR) is 98.1 cm³/mol. The number of benzene rings is 1. The topological polar surface area (TPSA) is 130 Å². The van der Waals surface area contributed by atoms with Crippen molar-refractivity contribution in [2.45, 2.75) is 58.2 Å². The lowest BCUT2D eigenvalue weighted by molar-refractivity contribution is -0.406. The van der Waals surface area contributed by atoms with Crippen molar-refractivity contribution in [3.05, 3.63) is 52.3 Å². The molecule has 154 valence electrons. The van der Waals surface area contributed by atoms with Crippen LogP contribution in [0.5, 0.6) is 5.75 Å². The van der Waals surface area contributed by atoms with Crippen molar-refractivity contribution < 1.29 is 37.6 Å². The van der Waals surface area contributed by atoms with E-state index in [1.807, 2.05) is 20.8 Å². The largest absolute Gasteiger partial charge is 0.744 e. The maximum atomic E-state index is 10.4. The number of aryl methyl sites for hydroxylation is 2. The minimum atomic E-state index is -4.27. The van der Waals surface area contributed by atoms with Crippen LogP contribution in [0.4, 0.5) is 0 Å². The lowest BCUT2D eigenvalue weighted by Crippen LogP contribution is -2.25. The van der Waals surface area contributed by atoms with Crippen LogP contribution >= 0.6 is 0 Å². The maximum absolute atomic E-state index is 10.4. The van der Waals surface area contributed by atoms with E-state index in [9.17, 15) is 23.2 Å². The Hall–Kier alpha value is -2.04. The van der Waals surface area contributed by atoms with E-state index < -0.39 is 15.9 Å². The number of hydrogen-bond acceptors (Lipinski definition) is 7. The second-order valence-corrected chi connectivity index (χ2v) is 8.32. The average Bonchev–Trinajstić information content (AvgIpc) is 2.77. The highest BCUT2D eigenvalue weighted by Gasteiger charge is 2.30. The first-order chi connectivity index (χ1) is 12.9. The van der Waals surface area contributed by atoms with E-state index in [0.717, 1.165) is 11.1 Å². The van der Waals surface area contributed by atoms with Gasteiger partial charge in [0.15, 0.2) is 11.5 Å². The fourth-order valence-electron chi connectivity index (χ4n) is 2.62. The Morgan fingerprint density at radius 2 is 1.64 bits per heavy atom. The summed E-state index contributed by atoms with van der Waals surface area (Å²) in [5.41, 5.74) is 3.68. The van der Waals surface area contributed by atoms with Crippen LogP contribution in [0.1, 0.15) is 41.9 Å². The number of fused-ring (bicyclic) bond motifs is 1. The standard InChI is InChI=1S/C12H17NO4.C7H8O3S/c1-7-11(15)9-6-17-12(2,3)16-5-8(9)10(4-14)13-7;1-6-2-4-7(5-3-6)11(8,9)10/h14-15H,4-6H2,1-3H3;2-5H,1H3,(H,8,9,10). The molecule has 0 aliphatic carbocycles. The summed E-state index contributed by atoms with van der Waals surface area (Å²) in [7, 11) is -4.27. The Labute approximate surface area is 164 Å². The van der Waals surface area contributed by atoms with E-state index in [1.165, 1.54) is 12.1 Å². The van der Waals surface area contributed by atoms with Crippen molar-refractivity contribution >= 4 is 10.1 Å². The van der Waals surface area contributed by atoms with Crippen molar-refractivity contribution in [2.75, 3.05) is 0 Å². The van der Waals surface area contributed by atoms with Crippen LogP contribution in [0.3, 0.4) is 0 Å². The second kappa shape index (κ2) is 8.54. The van der Waals surface area contributed by atoms with Gasteiger partial charge in [-0.25, -0.2) is 13.4 Å². The minimum absolute atomic E-state index is 0.118. The van der Waals surface area contributed by atoms with Gasteiger partial charge in [0.25, 0.3) is 0 Å². The molecular formula is C19H25NO7S. The molecule has 28 heavy (non-hydrogen) atoms. The summed E-state index contributed by atoms with van der Waals surface area (Å²) in [5.74, 6) is -0.509. The molecule has 1 aromatic heterocycles. The molecule has 1 aliphatic rings. The van der Waals surface area contributed by atoms with Crippen LogP contribution in [0.25, 0.3) is 0 Å². The number of hydrogen-bond donors (Lipinski definition) is 2. The highest BCUT2D eigenvalue weighted by atomic mass is 32.2. The first kappa shape index (κ1) is 22.3. The highest BCUT2D eigenvalue weighted by molar-refractivity contribution is 7.85. The van der Waals surface area contributed by atoms with Gasteiger partial charge in [-0.1, -0.05) is 17.7 Å². The number of pyridine rings is 1. The van der Waals surface area contributed by atoms with Crippen LogP contribution in [0, 0.1) is 13.8 Å². The average molecular weight is 411 g/mol. The highest BCUT2D eigenvalue weighted by Crippen LogP contribution is 2.31. The molecule has 0 amide bonds. The van der Waals surface area contributed by atoms with E-state index >= 15 is 0 Å². The molecule has 3 N–H and O–H groups in total. The smallest absolute Gasteiger partial charge is 0.219 e. The van der Waals surface area contributed by atoms with Crippen molar-refractivity contribution in [1.82, 2.24) is 0 Å². The maximum Gasteiger partial charge on any atom is 0.219 e. The molecule has 2 heterocycles. The number of rotatable bonds is 2. The molecule has 2 aromatic rings. The molecule has 0 spiro atoms. The summed E-state index contributed by atoms with van der Waals surface area (Å²) < 4.78 is 42.3. The Kier molecular flexibility index (Phi) is 6.79. The van der Waals surface area contributed by atoms with Crippen molar-refractivity contribution in [3.8, 4) is 5.75 Å². The van der Waals surface area contributed by atoms with Gasteiger partial charge in [-0.3, -0.25) is 0 Å². The Morgan fingerprint density at radius 1 is 1.11 bits per heavy atom. The van der Waals surface area contributed by atoms with Gasteiger partial charge in [-0.15, -0.1) is 0 Å². The van der Waals surface area contributed by atoms with Gasteiger partial charge in [0.05, 0.1) is 23.7 Å². The Morgan fingerprint density at radius 3 is 2.14 bits per heavy atom. The number of H-pyrrole nitrogens is 1. The molecule has 0 radical (unpaired) electrons. The lowest BCUT2D eigenvalue weighted by Gasteiger charge is -2.22. The summed E-state index contributed by atoms with van der Waals surface area (Å²) in [6.45, 7) is 7.69. The number of aliphatic hydroxyl groups excluding tert-OH is 1. The molecule has 0 bridgehead atoms. The predicted octanol–water partition coefficient (Wildman–Crippen LogP) is 1.69. The van der Waals surface area contributed by atoms with Gasteiger partial charge >= 0.3 is 0 Å². The monoisotopic (exact) mass is 411 g/mol. The molecular weight excluding hydrogens is 386 g/mol. The van der Waals surface area contributed by atoms with Crippen molar-refractivity contribution in [3.63, 3.8) is 0 Å². The molecule has 8 nitrogen and oxygen atoms in total. The zero-order valence-corrected chi connectivity index (χ0v) is 17.1. The number of aliphatic hydroxyl groups is 1. The molecule has 3 rings (SSSR count). The molecule has 0 saturated carbocycles. The van der Waals surface area contributed by atoms with Gasteiger partial charge in [-0.05, 0) is 32.9 Å². The number of ether oxygens (including phenoxy) is 2. The summed E-state index contributed by atoms with van der Waals surface area (Å²) in [4.78, 5) is 2.80. The summed E-state index contributed by atoms with van der Waals surface area (Å²) in [5, 5.41) is 19.3. The van der Waals surface area contributed by atoms with E-state index in [1.54, 1.807) is 19.1 Å². The summed E-state index contributed by atoms with van der Waals surface area (Å²) >= 11 is 0. The normalized spacial score (nSPS) is 15.8. The van der Waals surface area contributed by atoms with Crippen molar-refractivity contribution in [2.24, 2.45) is 0 Å². The fourth-order valence-corrected chi connectivity index (χ4v) is 3.08. The molecule has 9 heteroatoms. The zero-order chi connectivity index (χ0) is 21.1.